The quantitative estimate of drug-likeness (QED) is 0.653. The maximum atomic E-state index is 12.3. The highest BCUT2D eigenvalue weighted by Crippen LogP contribution is 2.38. The average Bonchev–Trinajstić information content (AvgIpc) is 2.10. The van der Waals surface area contributed by atoms with E-state index >= 15 is 0 Å². The van der Waals surface area contributed by atoms with Crippen LogP contribution in [-0.2, 0) is 29.5 Å². The fourth-order valence-corrected chi connectivity index (χ4v) is 8.66. The van der Waals surface area contributed by atoms with Crippen molar-refractivity contribution in [2.24, 2.45) is 0 Å². The third-order valence-corrected chi connectivity index (χ3v) is 10.6. The second-order valence-corrected chi connectivity index (χ2v) is 10.8. The lowest BCUT2D eigenvalue weighted by molar-refractivity contribution is -0.0462. The predicted molar refractivity (Wildman–Crippen MR) is 57.8 cm³/mol. The molecular formula is C6H8F6O6S3. The summed E-state index contributed by atoms with van der Waals surface area (Å²) >= 11 is 0. The average molecular weight is 386 g/mol. The van der Waals surface area contributed by atoms with Gasteiger partial charge in [-0.1, -0.05) is 6.92 Å². The molecule has 0 unspecified atom stereocenters. The summed E-state index contributed by atoms with van der Waals surface area (Å²) < 4.78 is 136. The summed E-state index contributed by atoms with van der Waals surface area (Å²) in [5.41, 5.74) is -13.0. The highest BCUT2D eigenvalue weighted by atomic mass is 32.3. The number of alkyl halides is 6. The van der Waals surface area contributed by atoms with Gasteiger partial charge in [-0.15, -0.1) is 0 Å². The van der Waals surface area contributed by atoms with E-state index in [4.69, 9.17) is 0 Å². The number of hydrogen-bond donors (Lipinski definition) is 0. The molecule has 0 aromatic rings. The van der Waals surface area contributed by atoms with Gasteiger partial charge in [0.15, 0.2) is 9.84 Å². The first kappa shape index (κ1) is 20.4. The van der Waals surface area contributed by atoms with Crippen molar-refractivity contribution in [1.82, 2.24) is 0 Å². The van der Waals surface area contributed by atoms with E-state index in [0.717, 1.165) is 6.92 Å². The predicted octanol–water partition coefficient (Wildman–Crippen LogP) is 0.964. The van der Waals surface area contributed by atoms with E-state index in [-0.39, 0.29) is 0 Å². The lowest BCUT2D eigenvalue weighted by atomic mass is 10.6. The van der Waals surface area contributed by atoms with Crippen LogP contribution in [0, 0.1) is 0 Å². The van der Waals surface area contributed by atoms with Gasteiger partial charge in [-0.2, -0.15) is 26.3 Å². The third kappa shape index (κ3) is 3.80. The summed E-state index contributed by atoms with van der Waals surface area (Å²) in [7, 11) is -20.1. The minimum absolute atomic E-state index is 0.584. The molecule has 0 radical (unpaired) electrons. The van der Waals surface area contributed by atoms with Crippen molar-refractivity contribution in [3.8, 4) is 0 Å². The van der Waals surface area contributed by atoms with Gasteiger partial charge in [0.1, 0.15) is 0 Å². The Kier molecular flexibility index (Phi) is 5.42. The fourth-order valence-electron chi connectivity index (χ4n) is 1.15. The topological polar surface area (TPSA) is 102 Å². The molecule has 0 fully saturated rings. The van der Waals surface area contributed by atoms with E-state index in [2.05, 4.69) is 0 Å². The van der Waals surface area contributed by atoms with Gasteiger partial charge in [0.25, 0.3) is 23.6 Å². The van der Waals surface area contributed by atoms with Crippen LogP contribution in [0.15, 0.2) is 0 Å². The number of halogens is 6. The molecule has 0 spiro atoms. The van der Waals surface area contributed by atoms with Crippen molar-refractivity contribution in [3.05, 3.63) is 0 Å². The van der Waals surface area contributed by atoms with Crippen molar-refractivity contribution in [2.45, 2.75) is 28.3 Å². The van der Waals surface area contributed by atoms with Gasteiger partial charge in [-0.25, -0.2) is 25.3 Å². The monoisotopic (exact) mass is 386 g/mol. The minimum Gasteiger partial charge on any atom is -0.226 e. The number of hydrogen-bond acceptors (Lipinski definition) is 6. The Morgan fingerprint density at radius 3 is 1.24 bits per heavy atom. The van der Waals surface area contributed by atoms with E-state index in [0.29, 0.717) is 0 Å². The molecule has 0 saturated carbocycles. The van der Waals surface area contributed by atoms with E-state index in [1.165, 1.54) is 0 Å². The molecule has 0 rings (SSSR count). The van der Waals surface area contributed by atoms with Crippen molar-refractivity contribution in [3.63, 3.8) is 0 Å². The van der Waals surface area contributed by atoms with Crippen molar-refractivity contribution >= 4 is 29.5 Å². The van der Waals surface area contributed by atoms with Crippen LogP contribution < -0.4 is 0 Å². The highest BCUT2D eigenvalue weighted by Gasteiger charge is 2.67. The minimum atomic E-state index is -7.16. The molecule has 0 aliphatic rings. The van der Waals surface area contributed by atoms with Crippen LogP contribution in [0.2, 0.25) is 0 Å². The first-order chi connectivity index (χ1) is 8.93. The number of rotatable bonds is 5. The van der Waals surface area contributed by atoms with Gasteiger partial charge >= 0.3 is 11.0 Å². The van der Waals surface area contributed by atoms with Gasteiger partial charge < -0.3 is 0 Å². The van der Waals surface area contributed by atoms with Gasteiger partial charge in [0.05, 0.1) is 5.75 Å². The second-order valence-electron chi connectivity index (χ2n) is 3.64. The molecule has 0 saturated heterocycles. The normalized spacial score (nSPS) is 15.4. The number of sulfone groups is 3. The Balaban J connectivity index is 6.66. The van der Waals surface area contributed by atoms with Gasteiger partial charge in [0, 0.05) is 0 Å². The Morgan fingerprint density at radius 2 is 1.05 bits per heavy atom. The van der Waals surface area contributed by atoms with E-state index < -0.39 is 56.6 Å². The summed E-state index contributed by atoms with van der Waals surface area (Å²) in [6, 6.07) is 0. The first-order valence-electron chi connectivity index (χ1n) is 4.75. The molecule has 0 bridgehead atoms. The highest BCUT2D eigenvalue weighted by molar-refractivity contribution is 8.24. The smallest absolute Gasteiger partial charge is 0.226 e. The van der Waals surface area contributed by atoms with E-state index in [9.17, 15) is 51.6 Å². The molecule has 0 N–H and O–H groups in total. The zero-order valence-corrected chi connectivity index (χ0v) is 12.4. The summed E-state index contributed by atoms with van der Waals surface area (Å²) in [5, 5.41) is 0. The van der Waals surface area contributed by atoms with Crippen LogP contribution in [0.25, 0.3) is 0 Å². The molecule has 0 aromatic carbocycles. The molecule has 0 amide bonds. The molecule has 128 valence electrons. The zero-order valence-electron chi connectivity index (χ0n) is 9.93. The van der Waals surface area contributed by atoms with Crippen LogP contribution in [0.4, 0.5) is 26.3 Å². The van der Waals surface area contributed by atoms with Crippen molar-refractivity contribution in [2.75, 3.05) is 5.75 Å². The van der Waals surface area contributed by atoms with Crippen LogP contribution in [-0.4, -0.2) is 45.9 Å². The van der Waals surface area contributed by atoms with Crippen LogP contribution in [0.3, 0.4) is 0 Å². The molecule has 21 heavy (non-hydrogen) atoms. The molecule has 6 nitrogen and oxygen atoms in total. The van der Waals surface area contributed by atoms with Crippen LogP contribution in [0.1, 0.15) is 13.3 Å². The summed E-state index contributed by atoms with van der Waals surface area (Å²) in [5.74, 6) is -1.48. The molecular weight excluding hydrogens is 378 g/mol. The van der Waals surface area contributed by atoms with Gasteiger partial charge in [-0.3, -0.25) is 0 Å². The third-order valence-electron chi connectivity index (χ3n) is 1.93. The van der Waals surface area contributed by atoms with E-state index in [1.54, 1.807) is 0 Å². The van der Waals surface area contributed by atoms with Crippen molar-refractivity contribution < 1.29 is 51.6 Å². The van der Waals surface area contributed by atoms with Crippen molar-refractivity contribution in [1.29, 1.82) is 0 Å². The maximum absolute atomic E-state index is 12.3. The van der Waals surface area contributed by atoms with Crippen LogP contribution >= 0.6 is 0 Å². The summed E-state index contributed by atoms with van der Waals surface area (Å²) in [4.78, 5) is 0. The fraction of sp³-hybridized carbons (Fsp3) is 1.00. The lowest BCUT2D eigenvalue weighted by Crippen LogP contribution is -2.49. The Bertz CT molecular complexity index is 638. The summed E-state index contributed by atoms with van der Waals surface area (Å²) in [6.07, 6.45) is -0.584. The molecule has 0 heterocycles. The van der Waals surface area contributed by atoms with E-state index in [1.807, 2.05) is 0 Å². The lowest BCUT2D eigenvalue weighted by Gasteiger charge is -2.20. The molecule has 0 aromatic heterocycles. The Labute approximate surface area is 115 Å². The maximum Gasteiger partial charge on any atom is 0.499 e. The molecule has 0 aliphatic heterocycles. The van der Waals surface area contributed by atoms with Gasteiger partial charge in [-0.05, 0) is 6.42 Å². The summed E-state index contributed by atoms with van der Waals surface area (Å²) in [6.45, 7) is 0.995. The SMILES string of the molecule is CCCS(=O)(=O)C(S(=O)(=O)C(F)(F)F)S(=O)(=O)C(F)(F)F. The zero-order chi connectivity index (χ0) is 17.5. The molecule has 15 heteroatoms. The Hall–Kier alpha value is -0.570. The molecule has 0 atom stereocenters. The van der Waals surface area contributed by atoms with Crippen LogP contribution in [0.5, 0.6) is 0 Å². The second kappa shape index (κ2) is 5.57. The molecule has 0 aliphatic carbocycles. The Morgan fingerprint density at radius 1 is 0.762 bits per heavy atom. The first-order valence-corrected chi connectivity index (χ1v) is 9.55. The largest absolute Gasteiger partial charge is 0.499 e. The standard InChI is InChI=1S/C6H8F6O6S3/c1-2-3-19(13,14)4(20(15,16)5(7,8)9)21(17,18)6(10,11)12/h4H,2-3H2,1H3. The van der Waals surface area contributed by atoms with Gasteiger partial charge in [0.2, 0.25) is 0 Å².